The molecule has 0 unspecified atom stereocenters. The van der Waals surface area contributed by atoms with Crippen molar-refractivity contribution in [2.45, 2.75) is 11.6 Å². The maximum absolute atomic E-state index is 13.2. The van der Waals surface area contributed by atoms with Crippen LogP contribution in [0.3, 0.4) is 0 Å². The molecule has 1 aliphatic rings. The van der Waals surface area contributed by atoms with E-state index in [4.69, 9.17) is 18.9 Å². The van der Waals surface area contributed by atoms with Gasteiger partial charge >= 0.3 is 0 Å². The van der Waals surface area contributed by atoms with Gasteiger partial charge in [0.2, 0.25) is 12.7 Å². The fourth-order valence-corrected chi connectivity index (χ4v) is 4.28. The molecule has 3 aromatic rings. The van der Waals surface area contributed by atoms with E-state index in [-0.39, 0.29) is 24.4 Å². The van der Waals surface area contributed by atoms with Gasteiger partial charge in [-0.1, -0.05) is 11.8 Å². The number of benzene rings is 2. The Morgan fingerprint density at radius 1 is 1.09 bits per heavy atom. The average Bonchev–Trinajstić information content (AvgIpc) is 3.35. The van der Waals surface area contributed by atoms with Gasteiger partial charge in [0.25, 0.3) is 5.91 Å². The Hall–Kier alpha value is -3.92. The zero-order chi connectivity index (χ0) is 24.8. The van der Waals surface area contributed by atoms with E-state index in [1.807, 2.05) is 12.1 Å². The number of anilines is 1. The summed E-state index contributed by atoms with van der Waals surface area (Å²) in [5.74, 6) is 2.18. The standard InChI is InChI=1S/C25H25N3O6S/c1-28(13-16-6-8-18(31-2)12-21(16)32-3)25(30)19-5-4-10-26-24(19)35-14-23(29)27-17-7-9-20-22(11-17)34-15-33-20/h4-12H,13-15H2,1-3H3,(H,27,29). The van der Waals surface area contributed by atoms with Gasteiger partial charge in [0.15, 0.2) is 11.5 Å². The zero-order valence-electron chi connectivity index (χ0n) is 19.6. The Bertz CT molecular complexity index is 1240. The number of hydrogen-bond donors (Lipinski definition) is 1. The van der Waals surface area contributed by atoms with Crippen LogP contribution in [0.15, 0.2) is 59.8 Å². The number of pyridine rings is 1. The third-order valence-corrected chi connectivity index (χ3v) is 6.25. The first-order chi connectivity index (χ1) is 17.0. The summed E-state index contributed by atoms with van der Waals surface area (Å²) in [6.45, 7) is 0.494. The SMILES string of the molecule is COc1ccc(CN(C)C(=O)c2cccnc2SCC(=O)Nc2ccc3c(c2)OCO3)c(OC)c1. The second-order valence-electron chi connectivity index (χ2n) is 7.60. The van der Waals surface area contributed by atoms with Crippen molar-refractivity contribution >= 4 is 29.3 Å². The molecular formula is C25H25N3O6S. The molecule has 2 amide bonds. The monoisotopic (exact) mass is 495 g/mol. The predicted octanol–water partition coefficient (Wildman–Crippen LogP) is 3.83. The van der Waals surface area contributed by atoms with Gasteiger partial charge in [-0.15, -0.1) is 0 Å². The second-order valence-corrected chi connectivity index (χ2v) is 8.56. The summed E-state index contributed by atoms with van der Waals surface area (Å²) in [6, 6.07) is 14.1. The van der Waals surface area contributed by atoms with Crippen LogP contribution >= 0.6 is 11.8 Å². The molecule has 0 saturated carbocycles. The van der Waals surface area contributed by atoms with E-state index in [2.05, 4.69) is 10.3 Å². The van der Waals surface area contributed by atoms with E-state index in [9.17, 15) is 9.59 Å². The van der Waals surface area contributed by atoms with E-state index in [1.54, 1.807) is 68.8 Å². The highest BCUT2D eigenvalue weighted by Crippen LogP contribution is 2.34. The number of ether oxygens (including phenoxy) is 4. The minimum absolute atomic E-state index is 0.0851. The molecule has 9 nitrogen and oxygen atoms in total. The molecule has 1 aromatic heterocycles. The van der Waals surface area contributed by atoms with Gasteiger partial charge in [-0.25, -0.2) is 4.98 Å². The van der Waals surface area contributed by atoms with Gasteiger partial charge in [-0.2, -0.15) is 0 Å². The van der Waals surface area contributed by atoms with E-state index in [0.29, 0.717) is 45.8 Å². The number of methoxy groups -OCH3 is 2. The Kier molecular flexibility index (Phi) is 7.61. The highest BCUT2D eigenvalue weighted by molar-refractivity contribution is 8.00. The molecule has 10 heteroatoms. The zero-order valence-corrected chi connectivity index (χ0v) is 20.4. The highest BCUT2D eigenvalue weighted by atomic mass is 32.2. The minimum atomic E-state index is -0.228. The van der Waals surface area contributed by atoms with Gasteiger partial charge in [0, 0.05) is 43.2 Å². The Morgan fingerprint density at radius 3 is 2.71 bits per heavy atom. The van der Waals surface area contributed by atoms with Crippen LogP contribution in [0, 0.1) is 0 Å². The molecule has 2 aromatic carbocycles. The van der Waals surface area contributed by atoms with Gasteiger partial charge in [0.05, 0.1) is 25.5 Å². The minimum Gasteiger partial charge on any atom is -0.497 e. The van der Waals surface area contributed by atoms with Crippen molar-refractivity contribution in [3.05, 3.63) is 65.9 Å². The van der Waals surface area contributed by atoms with Crippen LogP contribution in [0.4, 0.5) is 5.69 Å². The molecule has 0 saturated heterocycles. The van der Waals surface area contributed by atoms with Crippen LogP contribution in [-0.4, -0.2) is 55.5 Å². The number of amides is 2. The largest absolute Gasteiger partial charge is 0.497 e. The fraction of sp³-hybridized carbons (Fsp3) is 0.240. The van der Waals surface area contributed by atoms with Crippen molar-refractivity contribution < 1.29 is 28.5 Å². The van der Waals surface area contributed by atoms with Gasteiger partial charge in [-0.05, 0) is 36.4 Å². The number of nitrogens with zero attached hydrogens (tertiary/aromatic N) is 2. The van der Waals surface area contributed by atoms with Gasteiger partial charge < -0.3 is 29.2 Å². The number of rotatable bonds is 9. The number of carbonyl (C=O) groups is 2. The van der Waals surface area contributed by atoms with Crippen LogP contribution in [0.25, 0.3) is 0 Å². The summed E-state index contributed by atoms with van der Waals surface area (Å²) < 4.78 is 21.3. The molecular weight excluding hydrogens is 470 g/mol. The number of nitrogens with one attached hydrogen (secondary N) is 1. The molecule has 0 fully saturated rings. The van der Waals surface area contributed by atoms with Crippen molar-refractivity contribution in [1.82, 2.24) is 9.88 Å². The first kappa shape index (κ1) is 24.2. The molecule has 1 N–H and O–H groups in total. The maximum atomic E-state index is 13.2. The first-order valence-electron chi connectivity index (χ1n) is 10.7. The van der Waals surface area contributed by atoms with Crippen LogP contribution < -0.4 is 24.3 Å². The van der Waals surface area contributed by atoms with E-state index in [1.165, 1.54) is 11.8 Å². The van der Waals surface area contributed by atoms with Gasteiger partial charge in [-0.3, -0.25) is 9.59 Å². The molecule has 0 aliphatic carbocycles. The molecule has 0 bridgehead atoms. The summed E-state index contributed by atoms with van der Waals surface area (Å²) in [7, 11) is 4.87. The molecule has 182 valence electrons. The summed E-state index contributed by atoms with van der Waals surface area (Å²) >= 11 is 1.20. The number of fused-ring (bicyclic) bond motifs is 1. The average molecular weight is 496 g/mol. The number of aromatic nitrogens is 1. The Balaban J connectivity index is 1.40. The third kappa shape index (κ3) is 5.78. The molecule has 2 heterocycles. The number of carbonyl (C=O) groups excluding carboxylic acids is 2. The van der Waals surface area contributed by atoms with Crippen LogP contribution in [0.1, 0.15) is 15.9 Å². The van der Waals surface area contributed by atoms with Crippen LogP contribution in [0.2, 0.25) is 0 Å². The summed E-state index contributed by atoms with van der Waals surface area (Å²) in [6.07, 6.45) is 1.60. The second kappa shape index (κ2) is 11.0. The van der Waals surface area contributed by atoms with Crippen molar-refractivity contribution in [2.75, 3.05) is 39.1 Å². The number of hydrogen-bond acceptors (Lipinski definition) is 8. The fourth-order valence-electron chi connectivity index (χ4n) is 3.49. The molecule has 1 aliphatic heterocycles. The smallest absolute Gasteiger partial charge is 0.256 e. The van der Waals surface area contributed by atoms with E-state index < -0.39 is 0 Å². The first-order valence-corrected chi connectivity index (χ1v) is 11.7. The molecule has 0 radical (unpaired) electrons. The molecule has 0 atom stereocenters. The van der Waals surface area contributed by atoms with E-state index in [0.717, 1.165) is 5.56 Å². The highest BCUT2D eigenvalue weighted by Gasteiger charge is 2.20. The Labute approximate surface area is 207 Å². The quantitative estimate of drug-likeness (QED) is 0.447. The number of thioether (sulfide) groups is 1. The van der Waals surface area contributed by atoms with Crippen molar-refractivity contribution in [2.24, 2.45) is 0 Å². The molecule has 0 spiro atoms. The van der Waals surface area contributed by atoms with Crippen molar-refractivity contribution in [3.63, 3.8) is 0 Å². The lowest BCUT2D eigenvalue weighted by Crippen LogP contribution is -2.27. The Morgan fingerprint density at radius 2 is 1.91 bits per heavy atom. The maximum Gasteiger partial charge on any atom is 0.256 e. The van der Waals surface area contributed by atoms with E-state index >= 15 is 0 Å². The normalized spacial score (nSPS) is 11.6. The van der Waals surface area contributed by atoms with Crippen molar-refractivity contribution in [3.8, 4) is 23.0 Å². The summed E-state index contributed by atoms with van der Waals surface area (Å²) in [5.41, 5.74) is 1.86. The topological polar surface area (TPSA) is 99.2 Å². The van der Waals surface area contributed by atoms with Crippen LogP contribution in [-0.2, 0) is 11.3 Å². The lowest BCUT2D eigenvalue weighted by molar-refractivity contribution is -0.113. The molecule has 4 rings (SSSR count). The predicted molar refractivity (Wildman–Crippen MR) is 131 cm³/mol. The summed E-state index contributed by atoms with van der Waals surface area (Å²) in [4.78, 5) is 31.6. The lowest BCUT2D eigenvalue weighted by Gasteiger charge is -2.20. The van der Waals surface area contributed by atoms with Crippen molar-refractivity contribution in [1.29, 1.82) is 0 Å². The molecule has 35 heavy (non-hydrogen) atoms. The van der Waals surface area contributed by atoms with Crippen LogP contribution in [0.5, 0.6) is 23.0 Å². The third-order valence-electron chi connectivity index (χ3n) is 5.25. The summed E-state index contributed by atoms with van der Waals surface area (Å²) in [5, 5.41) is 3.30. The lowest BCUT2D eigenvalue weighted by atomic mass is 10.1. The van der Waals surface area contributed by atoms with Gasteiger partial charge in [0.1, 0.15) is 16.5 Å².